The van der Waals surface area contributed by atoms with E-state index in [0.717, 1.165) is 21.9 Å². The van der Waals surface area contributed by atoms with Gasteiger partial charge in [0, 0.05) is 11.1 Å². The fourth-order valence-corrected chi connectivity index (χ4v) is 2.36. The Morgan fingerprint density at radius 2 is 1.39 bits per heavy atom. The van der Waals surface area contributed by atoms with Crippen LogP contribution in [-0.4, -0.2) is 5.11 Å². The Balaban J connectivity index is 2.65. The maximum absolute atomic E-state index is 10.8. The number of hydrogen-bond acceptors (Lipinski definition) is 1. The van der Waals surface area contributed by atoms with Gasteiger partial charge in [0.1, 0.15) is 5.75 Å². The zero-order valence-corrected chi connectivity index (χ0v) is 15.1. The molecule has 0 saturated carbocycles. The number of hydrogen-bond donors (Lipinski definition) is 1. The first-order chi connectivity index (χ1) is 10.6. The molecule has 0 amide bonds. The maximum Gasteiger partial charge on any atom is 0.130 e. The van der Waals surface area contributed by atoms with Crippen molar-refractivity contribution in [1.29, 1.82) is 0 Å². The minimum Gasteiger partial charge on any atom is -0.507 e. The summed E-state index contributed by atoms with van der Waals surface area (Å²) >= 11 is 0. The van der Waals surface area contributed by atoms with Gasteiger partial charge in [-0.1, -0.05) is 90.1 Å². The van der Waals surface area contributed by atoms with Gasteiger partial charge >= 0.3 is 0 Å². The second-order valence-corrected chi connectivity index (χ2v) is 8.35. The number of benzene rings is 2. The summed E-state index contributed by atoms with van der Waals surface area (Å²) in [6, 6.07) is 10.3. The lowest BCUT2D eigenvalue weighted by atomic mass is 9.91. The second kappa shape index (κ2) is 6.23. The minimum absolute atomic E-state index is 0.0742. The molecule has 0 spiro atoms. The topological polar surface area (TPSA) is 20.2 Å². The van der Waals surface area contributed by atoms with Crippen molar-refractivity contribution in [2.45, 2.75) is 41.5 Å². The Bertz CT molecular complexity index is 750. The van der Waals surface area contributed by atoms with Crippen LogP contribution in [0.4, 0.5) is 0 Å². The zero-order chi connectivity index (χ0) is 17.3. The Hall–Kier alpha value is -2.02. The van der Waals surface area contributed by atoms with E-state index in [1.807, 2.05) is 24.3 Å². The Labute approximate surface area is 140 Å². The summed E-state index contributed by atoms with van der Waals surface area (Å²) in [7, 11) is 0. The number of phenols is 1. The van der Waals surface area contributed by atoms with E-state index in [2.05, 4.69) is 71.9 Å². The van der Waals surface area contributed by atoms with Crippen molar-refractivity contribution in [2.75, 3.05) is 0 Å². The van der Waals surface area contributed by atoms with Crippen molar-refractivity contribution >= 4 is 22.9 Å². The molecular formula is C22H28O. The van der Waals surface area contributed by atoms with Gasteiger partial charge in [-0.2, -0.15) is 0 Å². The van der Waals surface area contributed by atoms with Crippen LogP contribution in [0.3, 0.4) is 0 Å². The Kier molecular flexibility index (Phi) is 4.70. The molecule has 1 N–H and O–H groups in total. The van der Waals surface area contributed by atoms with E-state index >= 15 is 0 Å². The lowest BCUT2D eigenvalue weighted by molar-refractivity contribution is 0.473. The fraction of sp³-hybridized carbons (Fsp3) is 0.364. The average Bonchev–Trinajstić information content (AvgIpc) is 2.42. The van der Waals surface area contributed by atoms with Gasteiger partial charge in [-0.05, 0) is 27.7 Å². The molecule has 0 unspecified atom stereocenters. The molecule has 2 aromatic rings. The summed E-state index contributed by atoms with van der Waals surface area (Å²) in [5, 5.41) is 13.0. The molecule has 0 saturated heterocycles. The third kappa shape index (κ3) is 4.72. The van der Waals surface area contributed by atoms with Gasteiger partial charge in [0.15, 0.2) is 0 Å². The van der Waals surface area contributed by atoms with Crippen LogP contribution in [0, 0.1) is 10.8 Å². The van der Waals surface area contributed by atoms with Gasteiger partial charge in [0.2, 0.25) is 0 Å². The van der Waals surface area contributed by atoms with E-state index in [9.17, 15) is 5.11 Å². The molecule has 0 heterocycles. The molecule has 23 heavy (non-hydrogen) atoms. The molecule has 0 atom stereocenters. The van der Waals surface area contributed by atoms with E-state index in [4.69, 9.17) is 0 Å². The molecule has 1 nitrogen and oxygen atoms in total. The average molecular weight is 308 g/mol. The highest BCUT2D eigenvalue weighted by Crippen LogP contribution is 2.35. The summed E-state index contributed by atoms with van der Waals surface area (Å²) in [4.78, 5) is 0. The SMILES string of the molecule is CC(C)(C)/C=C/c1cc2ccccc2c(/C=C/C(C)(C)C)c1O. The van der Waals surface area contributed by atoms with E-state index in [0.29, 0.717) is 5.75 Å². The third-order valence-electron chi connectivity index (χ3n) is 3.60. The number of rotatable bonds is 2. The third-order valence-corrected chi connectivity index (χ3v) is 3.60. The summed E-state index contributed by atoms with van der Waals surface area (Å²) in [6.07, 6.45) is 8.35. The van der Waals surface area contributed by atoms with Gasteiger partial charge in [-0.15, -0.1) is 0 Å². The number of aromatic hydroxyl groups is 1. The molecule has 0 bridgehead atoms. The summed E-state index contributed by atoms with van der Waals surface area (Å²) in [6.45, 7) is 12.9. The first-order valence-corrected chi connectivity index (χ1v) is 8.20. The maximum atomic E-state index is 10.8. The van der Waals surface area contributed by atoms with E-state index in [1.165, 1.54) is 0 Å². The van der Waals surface area contributed by atoms with Gasteiger partial charge in [-0.25, -0.2) is 0 Å². The Morgan fingerprint density at radius 3 is 2.00 bits per heavy atom. The Morgan fingerprint density at radius 1 is 0.826 bits per heavy atom. The highest BCUT2D eigenvalue weighted by atomic mass is 16.3. The van der Waals surface area contributed by atoms with Crippen molar-refractivity contribution < 1.29 is 5.11 Å². The van der Waals surface area contributed by atoms with Crippen LogP contribution in [0.1, 0.15) is 52.7 Å². The molecule has 2 rings (SSSR count). The monoisotopic (exact) mass is 308 g/mol. The van der Waals surface area contributed by atoms with Gasteiger partial charge in [-0.3, -0.25) is 0 Å². The molecule has 0 aliphatic rings. The molecular weight excluding hydrogens is 280 g/mol. The van der Waals surface area contributed by atoms with E-state index in [1.54, 1.807) is 0 Å². The predicted molar refractivity (Wildman–Crippen MR) is 103 cm³/mol. The van der Waals surface area contributed by atoms with Crippen molar-refractivity contribution in [3.63, 3.8) is 0 Å². The van der Waals surface area contributed by atoms with E-state index < -0.39 is 0 Å². The molecule has 2 aromatic carbocycles. The fourth-order valence-electron chi connectivity index (χ4n) is 2.36. The van der Waals surface area contributed by atoms with Crippen LogP contribution in [0.25, 0.3) is 22.9 Å². The largest absolute Gasteiger partial charge is 0.507 e. The molecule has 0 radical (unpaired) electrons. The van der Waals surface area contributed by atoms with Gasteiger partial charge in [0.05, 0.1) is 0 Å². The van der Waals surface area contributed by atoms with Crippen molar-refractivity contribution in [3.8, 4) is 5.75 Å². The first-order valence-electron chi connectivity index (χ1n) is 8.20. The molecule has 0 aromatic heterocycles. The smallest absolute Gasteiger partial charge is 0.130 e. The van der Waals surface area contributed by atoms with Gasteiger partial charge < -0.3 is 5.11 Å². The number of allylic oxidation sites excluding steroid dienone is 2. The van der Waals surface area contributed by atoms with Gasteiger partial charge in [0.25, 0.3) is 0 Å². The predicted octanol–water partition coefficient (Wildman–Crippen LogP) is 6.66. The van der Waals surface area contributed by atoms with Crippen LogP contribution in [0.15, 0.2) is 42.5 Å². The second-order valence-electron chi connectivity index (χ2n) is 8.35. The standard InChI is InChI=1S/C22H28O/c1-21(2,3)13-11-17-15-16-9-7-8-10-18(16)19(20(17)23)12-14-22(4,5)6/h7-15,23H,1-6H3/b13-11+,14-12+. The summed E-state index contributed by atoms with van der Waals surface area (Å²) < 4.78 is 0. The normalized spacial score (nSPS) is 13.5. The molecule has 0 fully saturated rings. The molecule has 1 heteroatoms. The van der Waals surface area contributed by atoms with Crippen molar-refractivity contribution in [2.24, 2.45) is 10.8 Å². The van der Waals surface area contributed by atoms with Crippen LogP contribution in [0.2, 0.25) is 0 Å². The summed E-state index contributed by atoms with van der Waals surface area (Å²) in [5.41, 5.74) is 1.92. The van der Waals surface area contributed by atoms with Crippen LogP contribution < -0.4 is 0 Å². The molecule has 0 aliphatic carbocycles. The molecule has 122 valence electrons. The van der Waals surface area contributed by atoms with Crippen molar-refractivity contribution in [1.82, 2.24) is 0 Å². The van der Waals surface area contributed by atoms with Crippen LogP contribution >= 0.6 is 0 Å². The number of fused-ring (bicyclic) bond motifs is 1. The van der Waals surface area contributed by atoms with Crippen LogP contribution in [-0.2, 0) is 0 Å². The highest BCUT2D eigenvalue weighted by molar-refractivity contribution is 5.95. The molecule has 0 aliphatic heterocycles. The van der Waals surface area contributed by atoms with E-state index in [-0.39, 0.29) is 10.8 Å². The first kappa shape index (κ1) is 17.3. The summed E-state index contributed by atoms with van der Waals surface area (Å²) in [5.74, 6) is 0.352. The zero-order valence-electron chi connectivity index (χ0n) is 15.1. The lowest BCUT2D eigenvalue weighted by Gasteiger charge is -2.15. The van der Waals surface area contributed by atoms with Crippen molar-refractivity contribution in [3.05, 3.63) is 53.6 Å². The highest BCUT2D eigenvalue weighted by Gasteiger charge is 2.12. The quantitative estimate of drug-likeness (QED) is 0.657. The lowest BCUT2D eigenvalue weighted by Crippen LogP contribution is -1.99. The number of phenolic OH excluding ortho intramolecular Hbond substituents is 1. The minimum atomic E-state index is 0.0742. The van der Waals surface area contributed by atoms with Crippen LogP contribution in [0.5, 0.6) is 5.75 Å².